The van der Waals surface area contributed by atoms with Crippen molar-refractivity contribution in [2.75, 3.05) is 4.72 Å². The Labute approximate surface area is 173 Å². The summed E-state index contributed by atoms with van der Waals surface area (Å²) in [5.41, 5.74) is 1.31. The molecule has 0 fully saturated rings. The molecule has 0 aliphatic heterocycles. The van der Waals surface area contributed by atoms with Gasteiger partial charge < -0.3 is 10.1 Å². The Morgan fingerprint density at radius 2 is 1.93 bits per heavy atom. The lowest BCUT2D eigenvalue weighted by Crippen LogP contribution is -2.26. The largest absolute Gasteiger partial charge is 0.412 e. The molecule has 0 saturated carbocycles. The van der Waals surface area contributed by atoms with Gasteiger partial charge in [-0.2, -0.15) is 0 Å². The van der Waals surface area contributed by atoms with E-state index in [9.17, 15) is 17.6 Å². The summed E-state index contributed by atoms with van der Waals surface area (Å²) in [6, 6.07) is 12.5. The Kier molecular flexibility index (Phi) is 6.43. The number of carbonyl (C=O) groups excluding carboxylic acids is 1. The average Bonchev–Trinajstić information content (AvgIpc) is 2.74. The minimum Gasteiger partial charge on any atom is -0.410 e. The number of anilines is 1. The molecule has 0 saturated heterocycles. The van der Waals surface area contributed by atoms with Crippen molar-refractivity contribution in [2.24, 2.45) is 0 Å². The van der Waals surface area contributed by atoms with Crippen LogP contribution in [0.4, 0.5) is 14.9 Å². The van der Waals surface area contributed by atoms with E-state index >= 15 is 0 Å². The highest BCUT2D eigenvalue weighted by Gasteiger charge is 2.16. The van der Waals surface area contributed by atoms with E-state index in [1.807, 2.05) is 0 Å². The van der Waals surface area contributed by atoms with Crippen LogP contribution in [-0.4, -0.2) is 19.5 Å². The summed E-state index contributed by atoms with van der Waals surface area (Å²) in [6.07, 6.45) is 3.91. The third kappa shape index (κ3) is 5.42. The van der Waals surface area contributed by atoms with Crippen molar-refractivity contribution < 1.29 is 22.3 Å². The summed E-state index contributed by atoms with van der Waals surface area (Å²) in [6.45, 7) is 3.79. The number of sulfonamides is 1. The first-order chi connectivity index (χ1) is 14.4. The summed E-state index contributed by atoms with van der Waals surface area (Å²) >= 11 is 0. The van der Waals surface area contributed by atoms with E-state index in [0.29, 0.717) is 5.56 Å². The maximum atomic E-state index is 13.3. The molecule has 2 aromatic carbocycles. The molecule has 1 heterocycles. The Hall–Kier alpha value is -3.72. The fourth-order valence-electron chi connectivity index (χ4n) is 2.51. The minimum atomic E-state index is -3.93. The topological polar surface area (TPSA) is 97.4 Å². The normalized spacial score (nSPS) is 10.8. The summed E-state index contributed by atoms with van der Waals surface area (Å²) in [7, 11) is -3.93. The van der Waals surface area contributed by atoms with Crippen LogP contribution >= 0.6 is 0 Å². The molecule has 0 aliphatic carbocycles. The highest BCUT2D eigenvalue weighted by molar-refractivity contribution is 7.92. The van der Waals surface area contributed by atoms with Crippen LogP contribution in [0.3, 0.4) is 0 Å². The van der Waals surface area contributed by atoms with Gasteiger partial charge in [-0.05, 0) is 54.1 Å². The number of halogens is 1. The number of pyridine rings is 1. The maximum absolute atomic E-state index is 13.3. The second kappa shape index (κ2) is 9.19. The quantitative estimate of drug-likeness (QED) is 0.595. The molecule has 7 nitrogen and oxygen atoms in total. The number of rotatable bonds is 7. The fourth-order valence-corrected chi connectivity index (χ4v) is 3.59. The highest BCUT2D eigenvalue weighted by atomic mass is 32.2. The molecule has 1 amide bonds. The first-order valence-electron chi connectivity index (χ1n) is 8.77. The van der Waals surface area contributed by atoms with E-state index in [-0.39, 0.29) is 22.9 Å². The van der Waals surface area contributed by atoms with Crippen molar-refractivity contribution in [1.82, 2.24) is 10.3 Å². The molecule has 2 N–H and O–H groups in total. The van der Waals surface area contributed by atoms with Gasteiger partial charge in [-0.3, -0.25) is 9.71 Å². The Bertz CT molecular complexity index is 1150. The van der Waals surface area contributed by atoms with Gasteiger partial charge in [0.25, 0.3) is 10.0 Å². The number of hydrogen-bond donors (Lipinski definition) is 2. The third-order valence-electron chi connectivity index (χ3n) is 3.98. The van der Waals surface area contributed by atoms with Crippen LogP contribution in [0.1, 0.15) is 11.1 Å². The summed E-state index contributed by atoms with van der Waals surface area (Å²) in [4.78, 5) is 15.8. The van der Waals surface area contributed by atoms with Crippen molar-refractivity contribution in [2.45, 2.75) is 11.4 Å². The second-order valence-electron chi connectivity index (χ2n) is 6.12. The molecule has 9 heteroatoms. The zero-order valence-electron chi connectivity index (χ0n) is 15.7. The number of ether oxygens (including phenoxy) is 1. The van der Waals surface area contributed by atoms with Gasteiger partial charge in [-0.15, -0.1) is 0 Å². The molecular weight excluding hydrogens is 409 g/mol. The fraction of sp³-hybridized carbons (Fsp3) is 0.0476. The van der Waals surface area contributed by atoms with Crippen molar-refractivity contribution in [3.63, 3.8) is 0 Å². The van der Waals surface area contributed by atoms with E-state index in [0.717, 1.165) is 11.6 Å². The predicted molar refractivity (Wildman–Crippen MR) is 111 cm³/mol. The predicted octanol–water partition coefficient (Wildman–Crippen LogP) is 3.95. The van der Waals surface area contributed by atoms with Gasteiger partial charge in [0.1, 0.15) is 11.6 Å². The number of carbonyl (C=O) groups is 1. The number of nitrogens with zero attached hydrogens (tertiary/aromatic N) is 1. The number of amides is 1. The van der Waals surface area contributed by atoms with E-state index in [1.54, 1.807) is 24.5 Å². The lowest BCUT2D eigenvalue weighted by atomic mass is 10.2. The first kappa shape index (κ1) is 21.0. The van der Waals surface area contributed by atoms with Crippen LogP contribution in [-0.2, 0) is 16.6 Å². The lowest BCUT2D eigenvalue weighted by Gasteiger charge is -2.11. The molecule has 1 aromatic heterocycles. The van der Waals surface area contributed by atoms with Crippen LogP contribution in [0.15, 0.2) is 78.5 Å². The van der Waals surface area contributed by atoms with Crippen molar-refractivity contribution in [3.8, 4) is 5.75 Å². The molecule has 0 unspecified atom stereocenters. The first-order valence-corrected chi connectivity index (χ1v) is 10.2. The zero-order chi connectivity index (χ0) is 21.6. The van der Waals surface area contributed by atoms with Gasteiger partial charge in [-0.1, -0.05) is 18.7 Å². The Balaban J connectivity index is 1.64. The molecule has 3 rings (SSSR count). The number of aromatic nitrogens is 1. The molecule has 0 radical (unpaired) electrons. The van der Waals surface area contributed by atoms with Gasteiger partial charge in [-0.25, -0.2) is 17.6 Å². The number of hydrogen-bond acceptors (Lipinski definition) is 5. The molecular formula is C21H18FN3O4S. The monoisotopic (exact) mass is 427 g/mol. The molecule has 0 atom stereocenters. The van der Waals surface area contributed by atoms with Gasteiger partial charge in [0, 0.05) is 24.5 Å². The highest BCUT2D eigenvalue weighted by Crippen LogP contribution is 2.23. The number of nitrogens with one attached hydrogen (secondary N) is 2. The molecule has 154 valence electrons. The van der Waals surface area contributed by atoms with Crippen molar-refractivity contribution in [1.29, 1.82) is 0 Å². The summed E-state index contributed by atoms with van der Waals surface area (Å²) in [5.74, 6) is -0.331. The Morgan fingerprint density at radius 1 is 1.17 bits per heavy atom. The molecule has 30 heavy (non-hydrogen) atoms. The van der Waals surface area contributed by atoms with Crippen molar-refractivity contribution in [3.05, 3.63) is 90.5 Å². The standard InChI is InChI=1S/C21H18FN3O4S/c1-2-16-12-17(22)5-10-20(16)25-30(27,28)19-8-6-18(7-9-19)29-21(26)24-14-15-4-3-11-23-13-15/h2-13,25H,1,14H2,(H,24,26). The number of benzene rings is 2. The van der Waals surface area contributed by atoms with E-state index in [2.05, 4.69) is 21.6 Å². The van der Waals surface area contributed by atoms with Crippen LogP contribution in [0.2, 0.25) is 0 Å². The zero-order valence-corrected chi connectivity index (χ0v) is 16.5. The Morgan fingerprint density at radius 3 is 2.60 bits per heavy atom. The van der Waals surface area contributed by atoms with Crippen LogP contribution in [0, 0.1) is 5.82 Å². The molecule has 0 spiro atoms. The summed E-state index contributed by atoms with van der Waals surface area (Å²) in [5, 5.41) is 2.57. The maximum Gasteiger partial charge on any atom is 0.412 e. The smallest absolute Gasteiger partial charge is 0.410 e. The van der Waals surface area contributed by atoms with Gasteiger partial charge in [0.2, 0.25) is 0 Å². The minimum absolute atomic E-state index is 0.0510. The van der Waals surface area contributed by atoms with Crippen LogP contribution in [0.5, 0.6) is 5.75 Å². The second-order valence-corrected chi connectivity index (χ2v) is 7.80. The average molecular weight is 427 g/mol. The van der Waals surface area contributed by atoms with Crippen molar-refractivity contribution >= 4 is 27.9 Å². The van der Waals surface area contributed by atoms with E-state index in [4.69, 9.17) is 4.74 Å². The molecule has 3 aromatic rings. The molecule has 0 aliphatic rings. The van der Waals surface area contributed by atoms with Crippen LogP contribution in [0.25, 0.3) is 6.08 Å². The summed E-state index contributed by atoms with van der Waals surface area (Å²) < 4.78 is 46.0. The van der Waals surface area contributed by atoms with E-state index < -0.39 is 21.9 Å². The lowest BCUT2D eigenvalue weighted by molar-refractivity contribution is 0.200. The van der Waals surface area contributed by atoms with E-state index in [1.165, 1.54) is 42.5 Å². The van der Waals surface area contributed by atoms with Crippen LogP contribution < -0.4 is 14.8 Å². The van der Waals surface area contributed by atoms with Gasteiger partial charge in [0.15, 0.2) is 0 Å². The third-order valence-corrected chi connectivity index (χ3v) is 5.36. The SMILES string of the molecule is C=Cc1cc(F)ccc1NS(=O)(=O)c1ccc(OC(=O)NCc2cccnc2)cc1. The molecule has 0 bridgehead atoms. The van der Waals surface area contributed by atoms with Gasteiger partial charge in [0.05, 0.1) is 10.6 Å². The van der Waals surface area contributed by atoms with Gasteiger partial charge >= 0.3 is 6.09 Å².